The summed E-state index contributed by atoms with van der Waals surface area (Å²) in [4.78, 5) is 0. The lowest BCUT2D eigenvalue weighted by Gasteiger charge is -2.18. The van der Waals surface area contributed by atoms with Gasteiger partial charge >= 0.3 is 0 Å². The van der Waals surface area contributed by atoms with E-state index in [1.54, 1.807) is 0 Å². The quantitative estimate of drug-likeness (QED) is 0.746. The summed E-state index contributed by atoms with van der Waals surface area (Å²) in [6.45, 7) is 12.0. The first-order valence-electron chi connectivity index (χ1n) is 7.00. The lowest BCUT2D eigenvalue weighted by Crippen LogP contribution is -2.19. The topological polar surface area (TPSA) is 12.0 Å². The van der Waals surface area contributed by atoms with E-state index in [1.165, 1.54) is 11.3 Å². The van der Waals surface area contributed by atoms with Gasteiger partial charge in [-0.2, -0.15) is 0 Å². The minimum atomic E-state index is 0.175. The molecule has 0 aromatic heterocycles. The summed E-state index contributed by atoms with van der Waals surface area (Å²) < 4.78 is 0. The van der Waals surface area contributed by atoms with Crippen LogP contribution in [0.3, 0.4) is 0 Å². The van der Waals surface area contributed by atoms with E-state index in [9.17, 15) is 0 Å². The first-order valence-corrected chi connectivity index (χ1v) is 7.00. The fourth-order valence-electron chi connectivity index (χ4n) is 1.83. The molecule has 1 aliphatic rings. The molecule has 0 aromatic carbocycles. The third-order valence-electron chi connectivity index (χ3n) is 3.39. The standard InChI is InChI=1S/C17H27N/c1-6-8-15-9-11-17(5,7-2)12-10-16(15)18-13-14(3)4/h6,8-12,14,18H,7,13H2,1-5H3/b8-6+. The van der Waals surface area contributed by atoms with E-state index in [-0.39, 0.29) is 5.41 Å². The predicted molar refractivity (Wildman–Crippen MR) is 81.4 cm³/mol. The molecule has 0 saturated heterocycles. The lowest BCUT2D eigenvalue weighted by molar-refractivity contribution is 0.530. The van der Waals surface area contributed by atoms with Crippen molar-refractivity contribution in [1.82, 2.24) is 5.32 Å². The fourth-order valence-corrected chi connectivity index (χ4v) is 1.83. The van der Waals surface area contributed by atoms with Crippen molar-refractivity contribution in [3.8, 4) is 0 Å². The normalized spacial score (nSPS) is 24.1. The Bertz CT molecular complexity index is 382. The highest BCUT2D eigenvalue weighted by Gasteiger charge is 2.17. The zero-order chi connectivity index (χ0) is 13.6. The molecule has 0 bridgehead atoms. The highest BCUT2D eigenvalue weighted by atomic mass is 14.9. The van der Waals surface area contributed by atoms with Gasteiger partial charge in [0.05, 0.1) is 0 Å². The predicted octanol–water partition coefficient (Wildman–Crippen LogP) is 4.60. The minimum absolute atomic E-state index is 0.175. The van der Waals surface area contributed by atoms with Gasteiger partial charge in [0.25, 0.3) is 0 Å². The second kappa shape index (κ2) is 6.63. The third-order valence-corrected chi connectivity index (χ3v) is 3.39. The molecule has 18 heavy (non-hydrogen) atoms. The molecule has 0 radical (unpaired) electrons. The average Bonchev–Trinajstić information content (AvgIpc) is 2.49. The molecule has 1 atom stereocenters. The van der Waals surface area contributed by atoms with Crippen molar-refractivity contribution < 1.29 is 0 Å². The van der Waals surface area contributed by atoms with Crippen molar-refractivity contribution in [1.29, 1.82) is 0 Å². The summed E-state index contributed by atoms with van der Waals surface area (Å²) in [6.07, 6.45) is 14.5. The van der Waals surface area contributed by atoms with Crippen LogP contribution in [0.25, 0.3) is 0 Å². The number of hydrogen-bond acceptors (Lipinski definition) is 1. The molecule has 1 unspecified atom stereocenters. The first-order chi connectivity index (χ1) is 8.50. The number of hydrogen-bond donors (Lipinski definition) is 1. The number of nitrogens with one attached hydrogen (secondary N) is 1. The highest BCUT2D eigenvalue weighted by molar-refractivity contribution is 5.43. The van der Waals surface area contributed by atoms with E-state index in [1.807, 2.05) is 0 Å². The molecule has 0 spiro atoms. The Balaban J connectivity index is 2.98. The summed E-state index contributed by atoms with van der Waals surface area (Å²) >= 11 is 0. The lowest BCUT2D eigenvalue weighted by atomic mass is 9.87. The Morgan fingerprint density at radius 2 is 1.94 bits per heavy atom. The number of allylic oxidation sites excluding steroid dienone is 7. The van der Waals surface area contributed by atoms with Crippen molar-refractivity contribution >= 4 is 0 Å². The molecule has 0 aromatic rings. The molecule has 1 rings (SSSR count). The first kappa shape index (κ1) is 14.8. The Labute approximate surface area is 112 Å². The Morgan fingerprint density at radius 1 is 1.28 bits per heavy atom. The van der Waals surface area contributed by atoms with Gasteiger partial charge in [-0.1, -0.05) is 58.1 Å². The molecule has 0 fully saturated rings. The summed E-state index contributed by atoms with van der Waals surface area (Å²) in [7, 11) is 0. The van der Waals surface area contributed by atoms with Crippen LogP contribution in [0.4, 0.5) is 0 Å². The average molecular weight is 245 g/mol. The van der Waals surface area contributed by atoms with Gasteiger partial charge in [-0.3, -0.25) is 0 Å². The van der Waals surface area contributed by atoms with Crippen LogP contribution >= 0.6 is 0 Å². The molecule has 1 N–H and O–H groups in total. The van der Waals surface area contributed by atoms with Crippen LogP contribution in [0.15, 0.2) is 47.7 Å². The Hall–Kier alpha value is -1.24. The van der Waals surface area contributed by atoms with Crippen LogP contribution in [0.2, 0.25) is 0 Å². The summed E-state index contributed by atoms with van der Waals surface area (Å²) in [5.41, 5.74) is 2.68. The van der Waals surface area contributed by atoms with E-state index < -0.39 is 0 Å². The second-order valence-corrected chi connectivity index (χ2v) is 5.67. The molecular weight excluding hydrogens is 218 g/mol. The largest absolute Gasteiger partial charge is 0.384 e. The molecular formula is C17H27N. The van der Waals surface area contributed by atoms with Crippen LogP contribution in [-0.4, -0.2) is 6.54 Å². The molecule has 0 amide bonds. The van der Waals surface area contributed by atoms with E-state index in [4.69, 9.17) is 0 Å². The van der Waals surface area contributed by atoms with Crippen molar-refractivity contribution in [3.05, 3.63) is 47.7 Å². The number of rotatable bonds is 5. The summed E-state index contributed by atoms with van der Waals surface area (Å²) in [5, 5.41) is 3.55. The Kier molecular flexibility index (Phi) is 5.46. The van der Waals surface area contributed by atoms with Crippen LogP contribution < -0.4 is 5.32 Å². The van der Waals surface area contributed by atoms with Gasteiger partial charge in [0, 0.05) is 17.7 Å². The van der Waals surface area contributed by atoms with Gasteiger partial charge in [-0.15, -0.1) is 0 Å². The molecule has 1 aliphatic carbocycles. The van der Waals surface area contributed by atoms with E-state index in [0.29, 0.717) is 5.92 Å². The van der Waals surface area contributed by atoms with Crippen molar-refractivity contribution in [2.45, 2.75) is 41.0 Å². The zero-order valence-electron chi connectivity index (χ0n) is 12.5. The molecule has 1 nitrogen and oxygen atoms in total. The maximum absolute atomic E-state index is 3.55. The molecule has 1 heteroatoms. The van der Waals surface area contributed by atoms with E-state index >= 15 is 0 Å². The van der Waals surface area contributed by atoms with Crippen LogP contribution in [0.5, 0.6) is 0 Å². The summed E-state index contributed by atoms with van der Waals surface area (Å²) in [6, 6.07) is 0. The molecule has 0 aliphatic heterocycles. The van der Waals surface area contributed by atoms with Crippen molar-refractivity contribution in [2.24, 2.45) is 11.3 Å². The van der Waals surface area contributed by atoms with Gasteiger partial charge in [0.15, 0.2) is 0 Å². The molecule has 100 valence electrons. The smallest absolute Gasteiger partial charge is 0.0410 e. The van der Waals surface area contributed by atoms with Crippen molar-refractivity contribution in [3.63, 3.8) is 0 Å². The summed E-state index contributed by atoms with van der Waals surface area (Å²) in [5.74, 6) is 0.655. The van der Waals surface area contributed by atoms with Crippen LogP contribution in [0.1, 0.15) is 41.0 Å². The zero-order valence-corrected chi connectivity index (χ0v) is 12.5. The van der Waals surface area contributed by atoms with Crippen LogP contribution in [-0.2, 0) is 0 Å². The van der Waals surface area contributed by atoms with Gasteiger partial charge in [0.2, 0.25) is 0 Å². The van der Waals surface area contributed by atoms with E-state index in [2.05, 4.69) is 76.4 Å². The third kappa shape index (κ3) is 4.21. The second-order valence-electron chi connectivity index (χ2n) is 5.67. The monoisotopic (exact) mass is 245 g/mol. The Morgan fingerprint density at radius 3 is 2.50 bits per heavy atom. The van der Waals surface area contributed by atoms with Gasteiger partial charge < -0.3 is 5.32 Å². The molecule has 0 heterocycles. The van der Waals surface area contributed by atoms with Gasteiger partial charge in [-0.05, 0) is 30.9 Å². The molecule has 0 saturated carbocycles. The maximum atomic E-state index is 3.55. The minimum Gasteiger partial charge on any atom is -0.384 e. The van der Waals surface area contributed by atoms with Gasteiger partial charge in [0.1, 0.15) is 0 Å². The maximum Gasteiger partial charge on any atom is 0.0410 e. The van der Waals surface area contributed by atoms with Crippen molar-refractivity contribution in [2.75, 3.05) is 6.54 Å². The van der Waals surface area contributed by atoms with Crippen LogP contribution in [0, 0.1) is 11.3 Å². The highest BCUT2D eigenvalue weighted by Crippen LogP contribution is 2.29. The fraction of sp³-hybridized carbons (Fsp3) is 0.529. The SMILES string of the molecule is C/C=C/C1=C(NCC(C)C)C=CC(C)(CC)C=C1. The van der Waals surface area contributed by atoms with Gasteiger partial charge in [-0.25, -0.2) is 0 Å². The van der Waals surface area contributed by atoms with E-state index in [0.717, 1.165) is 13.0 Å².